The van der Waals surface area contributed by atoms with Gasteiger partial charge in [0.05, 0.1) is 11.4 Å². The molecular weight excluding hydrogens is 350 g/mol. The van der Waals surface area contributed by atoms with Crippen LogP contribution < -0.4 is 10.5 Å². The molecular formula is C19H21N3O3S. The highest BCUT2D eigenvalue weighted by molar-refractivity contribution is 7.89. The smallest absolute Gasteiger partial charge is 0.238 e. The van der Waals surface area contributed by atoms with Crippen molar-refractivity contribution >= 4 is 26.7 Å². The molecule has 0 saturated heterocycles. The number of hydrogen-bond donors (Lipinski definition) is 2. The van der Waals surface area contributed by atoms with E-state index in [-0.39, 0.29) is 17.2 Å². The summed E-state index contributed by atoms with van der Waals surface area (Å²) >= 11 is 0. The van der Waals surface area contributed by atoms with E-state index in [0.29, 0.717) is 18.5 Å². The molecule has 26 heavy (non-hydrogen) atoms. The molecule has 0 saturated carbocycles. The molecule has 0 spiro atoms. The van der Waals surface area contributed by atoms with Gasteiger partial charge in [0.15, 0.2) is 5.78 Å². The van der Waals surface area contributed by atoms with Crippen LogP contribution in [0.15, 0.2) is 59.6 Å². The van der Waals surface area contributed by atoms with Crippen molar-refractivity contribution in [2.45, 2.75) is 11.3 Å². The lowest BCUT2D eigenvalue weighted by Crippen LogP contribution is -2.25. The molecule has 0 atom stereocenters. The van der Waals surface area contributed by atoms with Crippen LogP contribution in [0.25, 0.3) is 10.9 Å². The summed E-state index contributed by atoms with van der Waals surface area (Å²) in [5.74, 6) is 0.0476. The normalized spacial score (nSPS) is 11.8. The molecule has 7 heteroatoms. The van der Waals surface area contributed by atoms with Crippen molar-refractivity contribution in [3.63, 3.8) is 0 Å². The molecule has 0 aliphatic carbocycles. The van der Waals surface area contributed by atoms with Gasteiger partial charge in [-0.15, -0.1) is 0 Å². The summed E-state index contributed by atoms with van der Waals surface area (Å²) in [5, 5.41) is 9.19. The maximum atomic E-state index is 12.5. The Hall–Kier alpha value is -2.48. The SMILES string of the molecule is Cn1cc(C(=O)CNCCc2ccc(S(N)(=O)=O)cc2)c2ccccc21. The number of nitrogens with two attached hydrogens (primary N) is 1. The number of primary sulfonamides is 1. The van der Waals surface area contributed by atoms with Gasteiger partial charge in [0.25, 0.3) is 0 Å². The van der Waals surface area contributed by atoms with Gasteiger partial charge in [0, 0.05) is 29.7 Å². The molecule has 0 amide bonds. The molecule has 3 N–H and O–H groups in total. The van der Waals surface area contributed by atoms with Crippen LogP contribution >= 0.6 is 0 Å². The van der Waals surface area contributed by atoms with Crippen LogP contribution in [-0.2, 0) is 23.5 Å². The number of carbonyl (C=O) groups excluding carboxylic acids is 1. The van der Waals surface area contributed by atoms with Crippen molar-refractivity contribution in [3.05, 3.63) is 65.9 Å². The van der Waals surface area contributed by atoms with Gasteiger partial charge in [-0.25, -0.2) is 13.6 Å². The van der Waals surface area contributed by atoms with Gasteiger partial charge < -0.3 is 9.88 Å². The summed E-state index contributed by atoms with van der Waals surface area (Å²) < 4.78 is 24.4. The molecule has 136 valence electrons. The lowest BCUT2D eigenvalue weighted by molar-refractivity contribution is 0.0993. The van der Waals surface area contributed by atoms with Gasteiger partial charge in [-0.2, -0.15) is 0 Å². The summed E-state index contributed by atoms with van der Waals surface area (Å²) in [7, 11) is -1.74. The van der Waals surface area contributed by atoms with E-state index in [0.717, 1.165) is 16.5 Å². The minimum Gasteiger partial charge on any atom is -0.350 e. The zero-order chi connectivity index (χ0) is 18.7. The Morgan fingerprint density at radius 1 is 1.12 bits per heavy atom. The van der Waals surface area contributed by atoms with Crippen LogP contribution in [0.3, 0.4) is 0 Å². The average Bonchev–Trinajstić information content (AvgIpc) is 2.96. The van der Waals surface area contributed by atoms with Crippen molar-refractivity contribution in [2.75, 3.05) is 13.1 Å². The summed E-state index contributed by atoms with van der Waals surface area (Å²) in [6.45, 7) is 0.870. The van der Waals surface area contributed by atoms with Crippen molar-refractivity contribution in [1.29, 1.82) is 0 Å². The van der Waals surface area contributed by atoms with Crippen LogP contribution in [-0.4, -0.2) is 31.9 Å². The van der Waals surface area contributed by atoms with Crippen molar-refractivity contribution in [1.82, 2.24) is 9.88 Å². The topological polar surface area (TPSA) is 94.2 Å². The molecule has 2 aromatic carbocycles. The number of sulfonamides is 1. The first kappa shape index (κ1) is 18.3. The van der Waals surface area contributed by atoms with Crippen molar-refractivity contribution < 1.29 is 13.2 Å². The largest absolute Gasteiger partial charge is 0.350 e. The molecule has 0 fully saturated rings. The minimum atomic E-state index is -3.66. The summed E-state index contributed by atoms with van der Waals surface area (Å²) in [5.41, 5.74) is 2.72. The lowest BCUT2D eigenvalue weighted by Gasteiger charge is -2.05. The highest BCUT2D eigenvalue weighted by Gasteiger charge is 2.13. The number of aryl methyl sites for hydroxylation is 1. The third kappa shape index (κ3) is 4.01. The first-order valence-electron chi connectivity index (χ1n) is 8.26. The van der Waals surface area contributed by atoms with Gasteiger partial charge >= 0.3 is 0 Å². The molecule has 0 radical (unpaired) electrons. The van der Waals surface area contributed by atoms with E-state index < -0.39 is 10.0 Å². The maximum absolute atomic E-state index is 12.5. The van der Waals surface area contributed by atoms with E-state index in [9.17, 15) is 13.2 Å². The fourth-order valence-corrected chi connectivity index (χ4v) is 3.46. The van der Waals surface area contributed by atoms with E-state index in [4.69, 9.17) is 5.14 Å². The molecule has 0 aliphatic rings. The Labute approximate surface area is 152 Å². The number of fused-ring (bicyclic) bond motifs is 1. The van der Waals surface area contributed by atoms with Gasteiger partial charge in [-0.3, -0.25) is 4.79 Å². The standard InChI is InChI=1S/C19H21N3O3S/c1-22-13-17(16-4-2-3-5-18(16)22)19(23)12-21-11-10-14-6-8-15(9-7-14)26(20,24)25/h2-9,13,21H,10-12H2,1H3,(H2,20,24,25). The molecule has 6 nitrogen and oxygen atoms in total. The number of nitrogens with one attached hydrogen (secondary N) is 1. The Morgan fingerprint density at radius 2 is 1.81 bits per heavy atom. The van der Waals surface area contributed by atoms with E-state index in [1.54, 1.807) is 12.1 Å². The highest BCUT2D eigenvalue weighted by atomic mass is 32.2. The predicted molar refractivity (Wildman–Crippen MR) is 102 cm³/mol. The minimum absolute atomic E-state index is 0.0476. The van der Waals surface area contributed by atoms with E-state index >= 15 is 0 Å². The number of aromatic nitrogens is 1. The summed E-state index contributed by atoms with van der Waals surface area (Å²) in [6.07, 6.45) is 2.55. The third-order valence-electron chi connectivity index (χ3n) is 4.33. The third-order valence-corrected chi connectivity index (χ3v) is 5.25. The molecule has 1 aromatic heterocycles. The fourth-order valence-electron chi connectivity index (χ4n) is 2.94. The maximum Gasteiger partial charge on any atom is 0.238 e. The van der Waals surface area contributed by atoms with E-state index in [2.05, 4.69) is 5.32 Å². The molecule has 1 heterocycles. The number of para-hydroxylation sites is 1. The van der Waals surface area contributed by atoms with Gasteiger partial charge in [0.2, 0.25) is 10.0 Å². The highest BCUT2D eigenvalue weighted by Crippen LogP contribution is 2.20. The Morgan fingerprint density at radius 3 is 2.50 bits per heavy atom. The van der Waals surface area contributed by atoms with E-state index in [1.165, 1.54) is 12.1 Å². The number of hydrogen-bond acceptors (Lipinski definition) is 4. The van der Waals surface area contributed by atoms with Crippen LogP contribution in [0.4, 0.5) is 0 Å². The first-order valence-corrected chi connectivity index (χ1v) is 9.80. The predicted octanol–water partition coefficient (Wildman–Crippen LogP) is 1.84. The second kappa shape index (κ2) is 7.41. The Balaban J connectivity index is 1.55. The lowest BCUT2D eigenvalue weighted by atomic mass is 10.1. The van der Waals surface area contributed by atoms with Gasteiger partial charge in [0.1, 0.15) is 0 Å². The van der Waals surface area contributed by atoms with Gasteiger partial charge in [-0.1, -0.05) is 30.3 Å². The van der Waals surface area contributed by atoms with Crippen LogP contribution in [0.1, 0.15) is 15.9 Å². The summed E-state index contributed by atoms with van der Waals surface area (Å²) in [6, 6.07) is 14.3. The summed E-state index contributed by atoms with van der Waals surface area (Å²) in [4.78, 5) is 12.6. The van der Waals surface area contributed by atoms with Crippen LogP contribution in [0.2, 0.25) is 0 Å². The van der Waals surface area contributed by atoms with Crippen molar-refractivity contribution in [2.24, 2.45) is 12.2 Å². The monoisotopic (exact) mass is 371 g/mol. The van der Waals surface area contributed by atoms with Crippen molar-refractivity contribution in [3.8, 4) is 0 Å². The van der Waals surface area contributed by atoms with Gasteiger partial charge in [-0.05, 0) is 36.7 Å². The number of Topliss-reactive ketones (excluding diaryl/α,β-unsaturated/α-hetero) is 1. The second-order valence-corrected chi connectivity index (χ2v) is 7.77. The molecule has 0 bridgehead atoms. The molecule has 3 rings (SSSR count). The number of ketones is 1. The first-order chi connectivity index (χ1) is 12.4. The van der Waals surface area contributed by atoms with Crippen LogP contribution in [0.5, 0.6) is 0 Å². The quantitative estimate of drug-likeness (QED) is 0.489. The number of benzene rings is 2. The average molecular weight is 371 g/mol. The second-order valence-electron chi connectivity index (χ2n) is 6.21. The number of rotatable bonds is 7. The Kier molecular flexibility index (Phi) is 5.22. The number of carbonyl (C=O) groups is 1. The van der Waals surface area contributed by atoms with E-state index in [1.807, 2.05) is 42.1 Å². The van der Waals surface area contributed by atoms with Crippen LogP contribution in [0, 0.1) is 0 Å². The molecule has 0 unspecified atom stereocenters. The molecule has 0 aliphatic heterocycles. The zero-order valence-electron chi connectivity index (χ0n) is 14.5. The number of nitrogens with zero attached hydrogens (tertiary/aromatic N) is 1. The fraction of sp³-hybridized carbons (Fsp3) is 0.211. The Bertz CT molecular complexity index is 1040. The molecule has 3 aromatic rings. The zero-order valence-corrected chi connectivity index (χ0v) is 15.3.